The third-order valence-electron chi connectivity index (χ3n) is 4.36. The van der Waals surface area contributed by atoms with Crippen molar-refractivity contribution in [2.75, 3.05) is 0 Å². The van der Waals surface area contributed by atoms with Gasteiger partial charge in [-0.15, -0.1) is 0 Å². The Balaban J connectivity index is 1.82. The fourth-order valence-electron chi connectivity index (χ4n) is 3.37. The van der Waals surface area contributed by atoms with Gasteiger partial charge in [-0.25, -0.2) is 0 Å². The monoisotopic (exact) mass is 246 g/mol. The van der Waals surface area contributed by atoms with Crippen LogP contribution >= 0.6 is 0 Å². The highest BCUT2D eigenvalue weighted by molar-refractivity contribution is 6.07. The lowest BCUT2D eigenvalue weighted by molar-refractivity contribution is 0.0874. The van der Waals surface area contributed by atoms with Crippen LogP contribution in [0.25, 0.3) is 6.08 Å². The summed E-state index contributed by atoms with van der Waals surface area (Å²) < 4.78 is 0. The third kappa shape index (κ3) is 1.45. The average molecular weight is 246 g/mol. The summed E-state index contributed by atoms with van der Waals surface area (Å²) in [7, 11) is 0. The van der Waals surface area contributed by atoms with E-state index in [0.717, 1.165) is 18.4 Å². The average Bonchev–Trinajstić information content (AvgIpc) is 2.72. The zero-order valence-corrected chi connectivity index (χ0v) is 10.6. The molecule has 2 aliphatic carbocycles. The number of carbonyl (C=O) groups is 1. The molecule has 1 spiro atoms. The van der Waals surface area contributed by atoms with Gasteiger partial charge in [0.1, 0.15) is 0 Å². The van der Waals surface area contributed by atoms with Gasteiger partial charge in [0.2, 0.25) is 0 Å². The smallest absolute Gasteiger partial charge is 0.173 e. The van der Waals surface area contributed by atoms with Crippen molar-refractivity contribution in [2.24, 2.45) is 5.41 Å². The molecule has 2 aromatic carbocycles. The van der Waals surface area contributed by atoms with Gasteiger partial charge in [0.05, 0.1) is 5.41 Å². The molecule has 1 unspecified atom stereocenters. The van der Waals surface area contributed by atoms with E-state index in [0.29, 0.717) is 0 Å². The highest BCUT2D eigenvalue weighted by Crippen LogP contribution is 2.43. The van der Waals surface area contributed by atoms with Crippen LogP contribution in [0.1, 0.15) is 27.0 Å². The van der Waals surface area contributed by atoms with E-state index >= 15 is 0 Å². The number of rotatable bonds is 0. The fourth-order valence-corrected chi connectivity index (χ4v) is 3.37. The normalized spacial score (nSPS) is 23.5. The van der Waals surface area contributed by atoms with E-state index in [1.807, 2.05) is 24.3 Å². The number of allylic oxidation sites excluding steroid dienone is 1. The van der Waals surface area contributed by atoms with Crippen LogP contribution in [0.4, 0.5) is 0 Å². The molecule has 2 aromatic rings. The van der Waals surface area contributed by atoms with Gasteiger partial charge in [-0.05, 0) is 29.5 Å². The molecule has 19 heavy (non-hydrogen) atoms. The lowest BCUT2D eigenvalue weighted by atomic mass is 9.73. The molecule has 2 aliphatic rings. The van der Waals surface area contributed by atoms with Crippen LogP contribution in [0.2, 0.25) is 0 Å². The second-order valence-electron chi connectivity index (χ2n) is 5.53. The van der Waals surface area contributed by atoms with Crippen molar-refractivity contribution in [1.29, 1.82) is 0 Å². The maximum absolute atomic E-state index is 12.7. The van der Waals surface area contributed by atoms with Crippen molar-refractivity contribution in [3.05, 3.63) is 76.9 Å². The van der Waals surface area contributed by atoms with Crippen molar-refractivity contribution < 1.29 is 4.79 Å². The summed E-state index contributed by atoms with van der Waals surface area (Å²) in [6, 6.07) is 16.4. The molecule has 0 heterocycles. The second kappa shape index (κ2) is 3.67. The zero-order chi connectivity index (χ0) is 12.9. The van der Waals surface area contributed by atoms with E-state index in [1.54, 1.807) is 0 Å². The molecule has 1 nitrogen and oxygen atoms in total. The molecule has 0 saturated carbocycles. The Kier molecular flexibility index (Phi) is 2.08. The van der Waals surface area contributed by atoms with Gasteiger partial charge in [-0.1, -0.05) is 60.7 Å². The van der Waals surface area contributed by atoms with Gasteiger partial charge < -0.3 is 0 Å². The predicted octanol–water partition coefficient (Wildman–Crippen LogP) is 3.68. The minimum absolute atomic E-state index is 0.286. The van der Waals surface area contributed by atoms with Crippen LogP contribution in [0, 0.1) is 5.41 Å². The molecule has 4 rings (SSSR count). The number of benzene rings is 2. The quantitative estimate of drug-likeness (QED) is 0.693. The van der Waals surface area contributed by atoms with Crippen LogP contribution in [0.5, 0.6) is 0 Å². The van der Waals surface area contributed by atoms with Crippen LogP contribution in [0.3, 0.4) is 0 Å². The Morgan fingerprint density at radius 2 is 1.53 bits per heavy atom. The molecule has 0 aromatic heterocycles. The van der Waals surface area contributed by atoms with Gasteiger partial charge in [0.15, 0.2) is 5.78 Å². The number of ketones is 1. The van der Waals surface area contributed by atoms with Crippen molar-refractivity contribution in [1.82, 2.24) is 0 Å². The molecule has 1 heteroatoms. The van der Waals surface area contributed by atoms with Crippen molar-refractivity contribution >= 4 is 11.9 Å². The molecular formula is C18H14O. The number of Topliss-reactive ketones (excluding diaryl/α,β-unsaturated/α-hetero) is 1. The van der Waals surface area contributed by atoms with E-state index < -0.39 is 0 Å². The maximum Gasteiger partial charge on any atom is 0.173 e. The SMILES string of the molecule is O=C1c2ccccc2CC12C=Cc1ccccc1C2. The Labute approximate surface area is 112 Å². The Morgan fingerprint density at radius 1 is 0.842 bits per heavy atom. The first-order chi connectivity index (χ1) is 9.28. The first-order valence-electron chi connectivity index (χ1n) is 6.68. The van der Waals surface area contributed by atoms with Crippen molar-refractivity contribution in [2.45, 2.75) is 12.8 Å². The molecule has 0 aliphatic heterocycles. The van der Waals surface area contributed by atoms with Crippen LogP contribution in [-0.2, 0) is 12.8 Å². The van der Waals surface area contributed by atoms with Crippen LogP contribution in [-0.4, -0.2) is 5.78 Å². The van der Waals surface area contributed by atoms with Crippen molar-refractivity contribution in [3.8, 4) is 0 Å². The molecule has 92 valence electrons. The van der Waals surface area contributed by atoms with E-state index in [9.17, 15) is 4.79 Å². The number of hydrogen-bond donors (Lipinski definition) is 0. The zero-order valence-electron chi connectivity index (χ0n) is 10.6. The largest absolute Gasteiger partial charge is 0.293 e. The molecule has 1 atom stereocenters. The summed E-state index contributed by atoms with van der Waals surface area (Å²) in [5, 5.41) is 0. The number of hydrogen-bond acceptors (Lipinski definition) is 1. The standard InChI is InChI=1S/C18H14O/c19-17-16-8-4-3-7-15(16)12-18(17)10-9-13-5-1-2-6-14(13)11-18/h1-10H,11-12H2. The Morgan fingerprint density at radius 3 is 2.37 bits per heavy atom. The minimum Gasteiger partial charge on any atom is -0.293 e. The molecule has 0 fully saturated rings. The molecule has 0 saturated heterocycles. The van der Waals surface area contributed by atoms with Gasteiger partial charge in [0, 0.05) is 5.56 Å². The summed E-state index contributed by atoms with van der Waals surface area (Å²) in [6.45, 7) is 0. The highest BCUT2D eigenvalue weighted by atomic mass is 16.1. The molecule has 0 radical (unpaired) electrons. The Hall–Kier alpha value is -2.15. The predicted molar refractivity (Wildman–Crippen MR) is 76.1 cm³/mol. The van der Waals surface area contributed by atoms with E-state index in [4.69, 9.17) is 0 Å². The van der Waals surface area contributed by atoms with Crippen LogP contribution in [0.15, 0.2) is 54.6 Å². The Bertz CT molecular complexity index is 711. The number of fused-ring (bicyclic) bond motifs is 2. The first kappa shape index (κ1) is 10.7. The van der Waals surface area contributed by atoms with Gasteiger partial charge in [-0.3, -0.25) is 4.79 Å². The van der Waals surface area contributed by atoms with Gasteiger partial charge >= 0.3 is 0 Å². The van der Waals surface area contributed by atoms with Gasteiger partial charge in [0.25, 0.3) is 0 Å². The topological polar surface area (TPSA) is 17.1 Å². The van der Waals surface area contributed by atoms with Crippen LogP contribution < -0.4 is 0 Å². The van der Waals surface area contributed by atoms with E-state index in [1.165, 1.54) is 16.7 Å². The lowest BCUT2D eigenvalue weighted by Gasteiger charge is -2.28. The maximum atomic E-state index is 12.7. The van der Waals surface area contributed by atoms with Crippen molar-refractivity contribution in [3.63, 3.8) is 0 Å². The third-order valence-corrected chi connectivity index (χ3v) is 4.36. The second-order valence-corrected chi connectivity index (χ2v) is 5.53. The van der Waals surface area contributed by atoms with E-state index in [-0.39, 0.29) is 11.2 Å². The summed E-state index contributed by atoms with van der Waals surface area (Å²) in [5.74, 6) is 0.286. The molecule has 0 N–H and O–H groups in total. The molecule has 0 bridgehead atoms. The first-order valence-corrected chi connectivity index (χ1v) is 6.68. The summed E-state index contributed by atoms with van der Waals surface area (Å²) in [4.78, 5) is 12.7. The highest BCUT2D eigenvalue weighted by Gasteiger charge is 2.44. The minimum atomic E-state index is -0.335. The fraction of sp³-hybridized carbons (Fsp3) is 0.167. The number of carbonyl (C=O) groups excluding carboxylic acids is 1. The summed E-state index contributed by atoms with van der Waals surface area (Å²) >= 11 is 0. The van der Waals surface area contributed by atoms with Gasteiger partial charge in [-0.2, -0.15) is 0 Å². The summed E-state index contributed by atoms with van der Waals surface area (Å²) in [6.07, 6.45) is 5.90. The lowest BCUT2D eigenvalue weighted by Crippen LogP contribution is -2.30. The molecule has 0 amide bonds. The van der Waals surface area contributed by atoms with E-state index in [2.05, 4.69) is 36.4 Å². The molecular weight excluding hydrogens is 232 g/mol. The summed E-state index contributed by atoms with van der Waals surface area (Å²) in [5.41, 5.74) is 4.30.